The Morgan fingerprint density at radius 3 is 2.21 bits per heavy atom. The molecule has 2 rings (SSSR count). The molecule has 0 aliphatic rings. The predicted octanol–water partition coefficient (Wildman–Crippen LogP) is 4.89. The lowest BCUT2D eigenvalue weighted by Crippen LogP contribution is -2.03. The molecule has 0 fully saturated rings. The fraction of sp³-hybridized carbons (Fsp3) is 0.250. The van der Waals surface area contributed by atoms with Gasteiger partial charge in [0.05, 0.1) is 6.10 Å². The minimum Gasteiger partial charge on any atom is -0.388 e. The Labute approximate surface area is 123 Å². The summed E-state index contributed by atoms with van der Waals surface area (Å²) in [5.41, 5.74) is 4.06. The molecule has 3 heteroatoms. The highest BCUT2D eigenvalue weighted by Crippen LogP contribution is 2.29. The van der Waals surface area contributed by atoms with Crippen molar-refractivity contribution in [2.45, 2.75) is 26.4 Å². The summed E-state index contributed by atoms with van der Waals surface area (Å²) in [5.74, 6) is 0. The summed E-state index contributed by atoms with van der Waals surface area (Å²) in [6.07, 6.45) is -0.183. The number of hydrogen-bond acceptors (Lipinski definition) is 1. The van der Waals surface area contributed by atoms with Gasteiger partial charge in [0.25, 0.3) is 0 Å². The van der Waals surface area contributed by atoms with Gasteiger partial charge in [-0.15, -0.1) is 0 Å². The average molecular weight is 295 g/mol. The van der Waals surface area contributed by atoms with Crippen LogP contribution in [-0.2, 0) is 6.42 Å². The molecule has 1 nitrogen and oxygen atoms in total. The normalized spacial score (nSPS) is 12.5. The van der Waals surface area contributed by atoms with Crippen molar-refractivity contribution in [1.29, 1.82) is 0 Å². The number of aliphatic hydroxyl groups excluding tert-OH is 1. The van der Waals surface area contributed by atoms with Crippen LogP contribution in [0.4, 0.5) is 0 Å². The van der Waals surface area contributed by atoms with Crippen LogP contribution >= 0.6 is 23.2 Å². The van der Waals surface area contributed by atoms with E-state index in [-0.39, 0.29) is 0 Å². The SMILES string of the molecule is Cc1ccc(C(O)Cc2c(Cl)cccc2Cl)cc1C. The molecule has 0 aliphatic carbocycles. The lowest BCUT2D eigenvalue weighted by Gasteiger charge is -2.14. The van der Waals surface area contributed by atoms with Crippen LogP contribution in [0.3, 0.4) is 0 Å². The highest BCUT2D eigenvalue weighted by molar-refractivity contribution is 6.36. The second-order valence-electron chi connectivity index (χ2n) is 4.76. The molecule has 0 saturated heterocycles. The first kappa shape index (κ1) is 14.4. The molecule has 2 aromatic rings. The van der Waals surface area contributed by atoms with E-state index in [1.807, 2.05) is 25.1 Å². The van der Waals surface area contributed by atoms with Crippen LogP contribution in [0, 0.1) is 13.8 Å². The Morgan fingerprint density at radius 2 is 1.63 bits per heavy atom. The minimum absolute atomic E-state index is 0.418. The molecule has 0 heterocycles. The third kappa shape index (κ3) is 3.30. The Kier molecular flexibility index (Phi) is 4.51. The van der Waals surface area contributed by atoms with Crippen LogP contribution < -0.4 is 0 Å². The Bertz CT molecular complexity index is 573. The zero-order chi connectivity index (χ0) is 14.0. The second kappa shape index (κ2) is 5.96. The largest absolute Gasteiger partial charge is 0.388 e. The van der Waals surface area contributed by atoms with Crippen molar-refractivity contribution >= 4 is 23.2 Å². The number of aryl methyl sites for hydroxylation is 2. The summed E-state index contributed by atoms with van der Waals surface area (Å²) in [7, 11) is 0. The number of halogens is 2. The molecule has 2 aromatic carbocycles. The maximum absolute atomic E-state index is 10.3. The van der Waals surface area contributed by atoms with Gasteiger partial charge >= 0.3 is 0 Å². The van der Waals surface area contributed by atoms with E-state index in [0.717, 1.165) is 11.1 Å². The van der Waals surface area contributed by atoms with Gasteiger partial charge < -0.3 is 5.11 Å². The van der Waals surface area contributed by atoms with E-state index in [2.05, 4.69) is 6.92 Å². The van der Waals surface area contributed by atoms with Crippen molar-refractivity contribution in [1.82, 2.24) is 0 Å². The lowest BCUT2D eigenvalue weighted by atomic mass is 9.98. The summed E-state index contributed by atoms with van der Waals surface area (Å²) in [6.45, 7) is 4.09. The van der Waals surface area contributed by atoms with Crippen LogP contribution in [0.5, 0.6) is 0 Å². The summed E-state index contributed by atoms with van der Waals surface area (Å²) in [6, 6.07) is 11.3. The van der Waals surface area contributed by atoms with E-state index in [4.69, 9.17) is 23.2 Å². The fourth-order valence-corrected chi connectivity index (χ4v) is 2.56. The summed E-state index contributed by atoms with van der Waals surface area (Å²) < 4.78 is 0. The van der Waals surface area contributed by atoms with Crippen LogP contribution in [0.25, 0.3) is 0 Å². The molecular formula is C16H16Cl2O. The van der Waals surface area contributed by atoms with E-state index in [1.54, 1.807) is 18.2 Å². The summed E-state index contributed by atoms with van der Waals surface area (Å²) >= 11 is 12.2. The summed E-state index contributed by atoms with van der Waals surface area (Å²) in [4.78, 5) is 0. The highest BCUT2D eigenvalue weighted by Gasteiger charge is 2.14. The first-order valence-electron chi connectivity index (χ1n) is 6.17. The monoisotopic (exact) mass is 294 g/mol. The van der Waals surface area contributed by atoms with Crippen LogP contribution in [0.2, 0.25) is 10.0 Å². The Hall–Kier alpha value is -1.02. The molecule has 1 atom stereocenters. The Morgan fingerprint density at radius 1 is 1.00 bits per heavy atom. The van der Waals surface area contributed by atoms with Gasteiger partial charge in [-0.2, -0.15) is 0 Å². The maximum Gasteiger partial charge on any atom is 0.0831 e. The zero-order valence-electron chi connectivity index (χ0n) is 11.0. The van der Waals surface area contributed by atoms with Gasteiger partial charge in [-0.05, 0) is 48.2 Å². The molecular weight excluding hydrogens is 279 g/mol. The van der Waals surface area contributed by atoms with Crippen molar-refractivity contribution in [3.63, 3.8) is 0 Å². The molecule has 0 spiro atoms. The molecule has 19 heavy (non-hydrogen) atoms. The van der Waals surface area contributed by atoms with Crippen LogP contribution in [0.1, 0.15) is 28.4 Å². The molecule has 0 saturated carbocycles. The molecule has 0 amide bonds. The van der Waals surface area contributed by atoms with Crippen molar-refractivity contribution in [2.24, 2.45) is 0 Å². The van der Waals surface area contributed by atoms with Crippen molar-refractivity contribution < 1.29 is 5.11 Å². The van der Waals surface area contributed by atoms with Crippen molar-refractivity contribution in [2.75, 3.05) is 0 Å². The van der Waals surface area contributed by atoms with Crippen LogP contribution in [-0.4, -0.2) is 5.11 Å². The standard InChI is InChI=1S/C16H16Cl2O/c1-10-6-7-12(8-11(10)2)16(19)9-13-14(17)4-3-5-15(13)18/h3-8,16,19H,9H2,1-2H3. The van der Waals surface area contributed by atoms with Crippen molar-refractivity contribution in [3.8, 4) is 0 Å². The van der Waals surface area contributed by atoms with E-state index < -0.39 is 6.10 Å². The molecule has 1 unspecified atom stereocenters. The van der Waals surface area contributed by atoms with Gasteiger partial charge in [0.2, 0.25) is 0 Å². The molecule has 0 aliphatic heterocycles. The van der Waals surface area contributed by atoms with Gasteiger partial charge in [-0.25, -0.2) is 0 Å². The first-order chi connectivity index (χ1) is 8.99. The fourth-order valence-electron chi connectivity index (χ4n) is 2.01. The smallest absolute Gasteiger partial charge is 0.0831 e. The summed E-state index contributed by atoms with van der Waals surface area (Å²) in [5, 5.41) is 11.5. The van der Waals surface area contributed by atoms with Gasteiger partial charge in [0.1, 0.15) is 0 Å². The minimum atomic E-state index is -0.600. The Balaban J connectivity index is 2.25. The van der Waals surface area contributed by atoms with Crippen molar-refractivity contribution in [3.05, 3.63) is 68.7 Å². The molecule has 1 N–H and O–H groups in total. The first-order valence-corrected chi connectivity index (χ1v) is 6.92. The number of aliphatic hydroxyl groups is 1. The van der Waals surface area contributed by atoms with Crippen LogP contribution in [0.15, 0.2) is 36.4 Å². The van der Waals surface area contributed by atoms with Gasteiger partial charge in [0.15, 0.2) is 0 Å². The average Bonchev–Trinajstić information content (AvgIpc) is 2.37. The number of benzene rings is 2. The maximum atomic E-state index is 10.3. The highest BCUT2D eigenvalue weighted by atomic mass is 35.5. The molecule has 100 valence electrons. The van der Waals surface area contributed by atoms with Gasteiger partial charge in [-0.3, -0.25) is 0 Å². The third-order valence-corrected chi connectivity index (χ3v) is 4.08. The van der Waals surface area contributed by atoms with E-state index in [0.29, 0.717) is 16.5 Å². The predicted molar refractivity (Wildman–Crippen MR) is 81.0 cm³/mol. The second-order valence-corrected chi connectivity index (χ2v) is 5.58. The molecule has 0 aromatic heterocycles. The lowest BCUT2D eigenvalue weighted by molar-refractivity contribution is 0.178. The molecule has 0 bridgehead atoms. The van der Waals surface area contributed by atoms with E-state index >= 15 is 0 Å². The van der Waals surface area contributed by atoms with E-state index in [9.17, 15) is 5.11 Å². The van der Waals surface area contributed by atoms with Gasteiger partial charge in [-0.1, -0.05) is 47.5 Å². The number of hydrogen-bond donors (Lipinski definition) is 1. The third-order valence-electron chi connectivity index (χ3n) is 3.37. The topological polar surface area (TPSA) is 20.2 Å². The van der Waals surface area contributed by atoms with E-state index in [1.165, 1.54) is 11.1 Å². The zero-order valence-corrected chi connectivity index (χ0v) is 12.5. The van der Waals surface area contributed by atoms with Gasteiger partial charge in [0, 0.05) is 16.5 Å². The molecule has 0 radical (unpaired) electrons. The number of rotatable bonds is 3. The quantitative estimate of drug-likeness (QED) is 0.855.